The molecule has 1 aliphatic carbocycles. The molecular weight excluding hydrogens is 572 g/mol. The average molecular weight is 593 g/mol. The van der Waals surface area contributed by atoms with Crippen molar-refractivity contribution in [2.45, 2.75) is 38.0 Å². The Morgan fingerprint density at radius 1 is 1.05 bits per heavy atom. The number of fused-ring (bicyclic) bond motifs is 1. The quantitative estimate of drug-likeness (QED) is 0.142. The molecule has 0 bridgehead atoms. The zero-order valence-corrected chi connectivity index (χ0v) is 22.0. The van der Waals surface area contributed by atoms with E-state index in [0.717, 1.165) is 38.3 Å². The summed E-state index contributed by atoms with van der Waals surface area (Å²) in [5, 5.41) is 27.6. The summed E-state index contributed by atoms with van der Waals surface area (Å²) < 4.78 is 7.11. The Kier molecular flexibility index (Phi) is 7.41. The van der Waals surface area contributed by atoms with Gasteiger partial charge in [-0.3, -0.25) is 25.0 Å². The second kappa shape index (κ2) is 11.1. The monoisotopic (exact) mass is 592 g/mol. The Bertz CT molecular complexity index is 1660. The summed E-state index contributed by atoms with van der Waals surface area (Å²) in [5.41, 5.74) is 0.00708. The van der Waals surface area contributed by atoms with Crippen LogP contribution in [-0.4, -0.2) is 30.7 Å². The summed E-state index contributed by atoms with van der Waals surface area (Å²) in [5.74, 6) is 0.467. The van der Waals surface area contributed by atoms with Crippen LogP contribution in [0.5, 0.6) is 11.6 Å². The maximum atomic E-state index is 13.4. The second-order valence-corrected chi connectivity index (χ2v) is 9.86. The van der Waals surface area contributed by atoms with Crippen LogP contribution in [0.3, 0.4) is 0 Å². The molecule has 1 saturated carbocycles. The number of hydrogen-bond donors (Lipinski definition) is 0. The number of benzene rings is 2. The summed E-state index contributed by atoms with van der Waals surface area (Å²) in [4.78, 5) is 43.5. The molecule has 4 aromatic rings. The zero-order chi connectivity index (χ0) is 27.5. The minimum Gasteiger partial charge on any atom is -0.431 e. The fraction of sp³-hybridized carbons (Fsp3) is 0.231. The lowest BCUT2D eigenvalue weighted by atomic mass is 9.88. The Balaban J connectivity index is 1.53. The van der Waals surface area contributed by atoms with Crippen LogP contribution in [-0.2, 0) is 0 Å². The number of ether oxygens (including phenoxy) is 1. The first-order chi connectivity index (χ1) is 18.8. The average Bonchev–Trinajstić information content (AvgIpc) is 2.94. The van der Waals surface area contributed by atoms with Gasteiger partial charge in [-0.25, -0.2) is 9.97 Å². The van der Waals surface area contributed by atoms with E-state index in [4.69, 9.17) is 9.72 Å². The van der Waals surface area contributed by atoms with Gasteiger partial charge in [-0.05, 0) is 47.0 Å². The van der Waals surface area contributed by atoms with Gasteiger partial charge in [-0.1, -0.05) is 31.4 Å². The summed E-state index contributed by atoms with van der Waals surface area (Å²) in [6.07, 6.45) is 7.40. The van der Waals surface area contributed by atoms with Gasteiger partial charge in [0.15, 0.2) is 0 Å². The van der Waals surface area contributed by atoms with Gasteiger partial charge < -0.3 is 4.74 Å². The third-order valence-corrected chi connectivity index (χ3v) is 7.04. The number of hydrogen-bond acceptors (Lipinski definition) is 9. The molecule has 2 aromatic carbocycles. The van der Waals surface area contributed by atoms with Gasteiger partial charge in [0, 0.05) is 29.7 Å². The van der Waals surface area contributed by atoms with Gasteiger partial charge in [-0.15, -0.1) is 0 Å². The Morgan fingerprint density at radius 3 is 2.51 bits per heavy atom. The highest BCUT2D eigenvalue weighted by atomic mass is 79.9. The van der Waals surface area contributed by atoms with Crippen molar-refractivity contribution < 1.29 is 14.6 Å². The minimum absolute atomic E-state index is 0.0586. The first kappa shape index (κ1) is 26.1. The van der Waals surface area contributed by atoms with E-state index >= 15 is 0 Å². The van der Waals surface area contributed by atoms with Crippen LogP contribution in [0.4, 0.5) is 11.4 Å². The predicted molar refractivity (Wildman–Crippen MR) is 147 cm³/mol. The smallest absolute Gasteiger partial charge is 0.313 e. The Hall–Kier alpha value is -4.52. The number of para-hydroxylation sites is 1. The van der Waals surface area contributed by atoms with Crippen molar-refractivity contribution in [3.63, 3.8) is 0 Å². The zero-order valence-electron chi connectivity index (χ0n) is 20.4. The molecule has 39 heavy (non-hydrogen) atoms. The lowest BCUT2D eigenvalue weighted by Crippen LogP contribution is -2.25. The molecule has 0 radical (unpaired) electrons. The molecular formula is C26H21BrN6O6. The van der Waals surface area contributed by atoms with Crippen LogP contribution in [0.15, 0.2) is 69.1 Å². The Labute approximate surface area is 229 Å². The van der Waals surface area contributed by atoms with Gasteiger partial charge in [0.25, 0.3) is 11.2 Å². The van der Waals surface area contributed by atoms with Gasteiger partial charge in [0.2, 0.25) is 11.6 Å². The van der Waals surface area contributed by atoms with Crippen LogP contribution in [0.25, 0.3) is 10.9 Å². The number of rotatable bonds is 7. The molecule has 2 heterocycles. The van der Waals surface area contributed by atoms with Gasteiger partial charge >= 0.3 is 5.69 Å². The summed E-state index contributed by atoms with van der Waals surface area (Å²) in [6.45, 7) is 0. The fourth-order valence-electron chi connectivity index (χ4n) is 4.56. The van der Waals surface area contributed by atoms with E-state index in [1.165, 1.54) is 29.1 Å². The van der Waals surface area contributed by atoms with E-state index in [0.29, 0.717) is 22.3 Å². The molecule has 13 heteroatoms. The molecule has 0 unspecified atom stereocenters. The van der Waals surface area contributed by atoms with E-state index in [1.807, 2.05) is 6.07 Å². The molecule has 0 N–H and O–H groups in total. The molecule has 198 valence electrons. The fourth-order valence-corrected chi connectivity index (χ4v) is 5.11. The first-order valence-corrected chi connectivity index (χ1v) is 12.9. The summed E-state index contributed by atoms with van der Waals surface area (Å²) in [6, 6.07) is 12.3. The number of nitrogens with zero attached hydrogens (tertiary/aromatic N) is 6. The third kappa shape index (κ3) is 5.53. The molecule has 5 rings (SSSR count). The highest BCUT2D eigenvalue weighted by Crippen LogP contribution is 2.39. The SMILES string of the molecule is O=c1c2ccccc2nc(C2CCCCC2)n1N=Cc1cc(Br)c(Oc2ccc([N+](=O)[O-])cn2)c([N+](=O)[O-])c1. The summed E-state index contributed by atoms with van der Waals surface area (Å²) >= 11 is 3.30. The number of pyridine rings is 1. The number of aromatic nitrogens is 3. The molecule has 0 amide bonds. The van der Waals surface area contributed by atoms with Crippen LogP contribution in [0.1, 0.15) is 49.4 Å². The largest absolute Gasteiger partial charge is 0.431 e. The maximum absolute atomic E-state index is 13.4. The lowest BCUT2D eigenvalue weighted by Gasteiger charge is -2.22. The molecule has 0 saturated heterocycles. The number of halogens is 1. The van der Waals surface area contributed by atoms with E-state index < -0.39 is 9.85 Å². The standard InChI is InChI=1S/C26H21BrN6O6/c27-20-12-16(13-22(33(37)38)24(20)39-23-11-10-18(15-28-23)32(35)36)14-29-31-25(17-6-2-1-3-7-17)30-21-9-5-4-8-19(21)26(31)34/h4-5,8-15,17H,1-3,6-7H2. The lowest BCUT2D eigenvalue weighted by molar-refractivity contribution is -0.385. The number of nitro groups is 2. The minimum atomic E-state index is -0.625. The molecule has 2 aromatic heterocycles. The van der Waals surface area contributed by atoms with Crippen molar-refractivity contribution in [1.29, 1.82) is 0 Å². The van der Waals surface area contributed by atoms with E-state index in [2.05, 4.69) is 26.0 Å². The summed E-state index contributed by atoms with van der Waals surface area (Å²) in [7, 11) is 0. The molecule has 0 aliphatic heterocycles. The topological polar surface area (TPSA) is 156 Å². The van der Waals surface area contributed by atoms with Crippen LogP contribution in [0, 0.1) is 20.2 Å². The third-order valence-electron chi connectivity index (χ3n) is 6.45. The van der Waals surface area contributed by atoms with Crippen molar-refractivity contribution in [3.05, 3.63) is 101 Å². The highest BCUT2D eigenvalue weighted by molar-refractivity contribution is 9.10. The highest BCUT2D eigenvalue weighted by Gasteiger charge is 2.24. The number of nitro benzene ring substituents is 1. The molecule has 12 nitrogen and oxygen atoms in total. The second-order valence-electron chi connectivity index (χ2n) is 9.01. The van der Waals surface area contributed by atoms with Crippen molar-refractivity contribution in [2.24, 2.45) is 5.10 Å². The van der Waals surface area contributed by atoms with Crippen molar-refractivity contribution >= 4 is 44.4 Å². The van der Waals surface area contributed by atoms with Crippen LogP contribution in [0.2, 0.25) is 0 Å². The van der Waals surface area contributed by atoms with E-state index in [1.54, 1.807) is 24.3 Å². The molecule has 0 atom stereocenters. The van der Waals surface area contributed by atoms with E-state index in [-0.39, 0.29) is 39.0 Å². The van der Waals surface area contributed by atoms with Crippen LogP contribution >= 0.6 is 15.9 Å². The van der Waals surface area contributed by atoms with Crippen molar-refractivity contribution in [3.8, 4) is 11.6 Å². The molecule has 1 aliphatic rings. The van der Waals surface area contributed by atoms with Crippen LogP contribution < -0.4 is 10.3 Å². The Morgan fingerprint density at radius 2 is 1.82 bits per heavy atom. The predicted octanol–water partition coefficient (Wildman–Crippen LogP) is 6.09. The first-order valence-electron chi connectivity index (χ1n) is 12.1. The van der Waals surface area contributed by atoms with Crippen molar-refractivity contribution in [1.82, 2.24) is 14.6 Å². The molecule has 0 spiro atoms. The van der Waals surface area contributed by atoms with Gasteiger partial charge in [-0.2, -0.15) is 9.78 Å². The molecule has 1 fully saturated rings. The normalized spacial score (nSPS) is 14.1. The van der Waals surface area contributed by atoms with Gasteiger partial charge in [0.05, 0.1) is 31.4 Å². The maximum Gasteiger partial charge on any atom is 0.313 e. The van der Waals surface area contributed by atoms with Crippen molar-refractivity contribution in [2.75, 3.05) is 0 Å². The van der Waals surface area contributed by atoms with E-state index in [9.17, 15) is 25.0 Å². The van der Waals surface area contributed by atoms with Gasteiger partial charge in [0.1, 0.15) is 12.0 Å².